The summed E-state index contributed by atoms with van der Waals surface area (Å²) in [5, 5.41) is 11.7. The molecule has 2 atom stereocenters. The highest BCUT2D eigenvalue weighted by Crippen LogP contribution is 1.86. The summed E-state index contributed by atoms with van der Waals surface area (Å²) < 4.78 is 0. The topological polar surface area (TPSA) is 32.3 Å². The lowest BCUT2D eigenvalue weighted by Gasteiger charge is -2.11. The summed E-state index contributed by atoms with van der Waals surface area (Å²) in [7, 11) is 1.83. The lowest BCUT2D eigenvalue weighted by atomic mass is 10.2. The predicted octanol–water partition coefficient (Wildman–Crippen LogP) is -0.0249. The van der Waals surface area contributed by atoms with E-state index >= 15 is 0 Å². The summed E-state index contributed by atoms with van der Waals surface area (Å²) in [6.45, 7) is 3.70. The predicted molar refractivity (Wildman–Crippen MR) is 30.2 cm³/mol. The first kappa shape index (κ1) is 6.92. The average molecular weight is 103 g/mol. The minimum absolute atomic E-state index is 0.208. The Bertz CT molecular complexity index is 45.3. The van der Waals surface area contributed by atoms with Gasteiger partial charge in [-0.2, -0.15) is 0 Å². The van der Waals surface area contributed by atoms with Crippen molar-refractivity contribution >= 4 is 0 Å². The third kappa shape index (κ3) is 2.60. The van der Waals surface area contributed by atoms with Crippen molar-refractivity contribution in [1.82, 2.24) is 5.32 Å². The largest absolute Gasteiger partial charge is 0.392 e. The van der Waals surface area contributed by atoms with E-state index in [0.717, 1.165) is 0 Å². The highest BCUT2D eigenvalue weighted by molar-refractivity contribution is 4.61. The quantitative estimate of drug-likeness (QED) is 0.514. The fourth-order valence-electron chi connectivity index (χ4n) is 0.241. The molecule has 2 nitrogen and oxygen atoms in total. The van der Waals surface area contributed by atoms with Gasteiger partial charge in [-0.25, -0.2) is 0 Å². The molecule has 0 aromatic heterocycles. The van der Waals surface area contributed by atoms with Gasteiger partial charge in [-0.15, -0.1) is 0 Å². The summed E-state index contributed by atoms with van der Waals surface area (Å²) in [6.07, 6.45) is -0.245. The van der Waals surface area contributed by atoms with Crippen molar-refractivity contribution in [2.24, 2.45) is 0 Å². The fourth-order valence-corrected chi connectivity index (χ4v) is 0.241. The second-order valence-corrected chi connectivity index (χ2v) is 1.82. The first-order valence-electron chi connectivity index (χ1n) is 2.53. The monoisotopic (exact) mass is 103 g/mol. The van der Waals surface area contributed by atoms with Crippen LogP contribution in [-0.4, -0.2) is 24.3 Å². The van der Waals surface area contributed by atoms with Crippen molar-refractivity contribution in [2.45, 2.75) is 26.0 Å². The van der Waals surface area contributed by atoms with E-state index in [1.807, 2.05) is 14.0 Å². The Morgan fingerprint density at radius 2 is 1.86 bits per heavy atom. The maximum atomic E-state index is 8.76. The van der Waals surface area contributed by atoms with Gasteiger partial charge in [-0.1, -0.05) is 0 Å². The SMILES string of the molecule is CNC(C)[C@@H](C)O. The molecule has 0 aliphatic rings. The van der Waals surface area contributed by atoms with Gasteiger partial charge in [0.05, 0.1) is 6.10 Å². The van der Waals surface area contributed by atoms with Crippen LogP contribution in [0.4, 0.5) is 0 Å². The Kier molecular flexibility index (Phi) is 2.96. The highest BCUT2D eigenvalue weighted by Gasteiger charge is 2.02. The smallest absolute Gasteiger partial charge is 0.0662 e. The van der Waals surface area contributed by atoms with E-state index in [1.165, 1.54) is 0 Å². The van der Waals surface area contributed by atoms with Gasteiger partial charge >= 0.3 is 0 Å². The summed E-state index contributed by atoms with van der Waals surface area (Å²) in [6, 6.07) is 0.208. The minimum atomic E-state index is -0.245. The van der Waals surface area contributed by atoms with Crippen molar-refractivity contribution in [3.8, 4) is 0 Å². The lowest BCUT2D eigenvalue weighted by Crippen LogP contribution is -2.32. The molecule has 2 N–H and O–H groups in total. The maximum Gasteiger partial charge on any atom is 0.0662 e. The number of aliphatic hydroxyl groups is 1. The van der Waals surface area contributed by atoms with Crippen LogP contribution >= 0.6 is 0 Å². The number of likely N-dealkylation sites (N-methyl/N-ethyl adjacent to an activating group) is 1. The van der Waals surface area contributed by atoms with Crippen LogP contribution in [-0.2, 0) is 0 Å². The zero-order valence-corrected chi connectivity index (χ0v) is 5.10. The van der Waals surface area contributed by atoms with E-state index in [0.29, 0.717) is 0 Å². The second-order valence-electron chi connectivity index (χ2n) is 1.82. The van der Waals surface area contributed by atoms with Gasteiger partial charge < -0.3 is 10.4 Å². The van der Waals surface area contributed by atoms with Gasteiger partial charge in [-0.05, 0) is 20.9 Å². The molecule has 0 heterocycles. The molecule has 1 unspecified atom stereocenters. The summed E-state index contributed by atoms with van der Waals surface area (Å²) in [5.74, 6) is 0. The van der Waals surface area contributed by atoms with Crippen LogP contribution in [0.15, 0.2) is 0 Å². The number of nitrogens with one attached hydrogen (secondary N) is 1. The van der Waals surface area contributed by atoms with Crippen molar-refractivity contribution in [3.05, 3.63) is 0 Å². The van der Waals surface area contributed by atoms with Crippen LogP contribution in [0.2, 0.25) is 0 Å². The molecule has 0 aromatic rings. The number of hydrogen-bond donors (Lipinski definition) is 2. The third-order valence-electron chi connectivity index (χ3n) is 1.18. The zero-order chi connectivity index (χ0) is 5.86. The van der Waals surface area contributed by atoms with E-state index in [2.05, 4.69) is 5.32 Å². The van der Waals surface area contributed by atoms with Crippen LogP contribution < -0.4 is 5.32 Å². The fraction of sp³-hybridized carbons (Fsp3) is 1.00. The van der Waals surface area contributed by atoms with E-state index in [-0.39, 0.29) is 12.1 Å². The zero-order valence-electron chi connectivity index (χ0n) is 5.10. The van der Waals surface area contributed by atoms with Gasteiger partial charge in [0, 0.05) is 6.04 Å². The normalized spacial score (nSPS) is 18.9. The molecule has 0 aliphatic carbocycles. The van der Waals surface area contributed by atoms with E-state index in [1.54, 1.807) is 6.92 Å². The Labute approximate surface area is 44.5 Å². The molecular weight excluding hydrogens is 90.1 g/mol. The minimum Gasteiger partial charge on any atom is -0.392 e. The first-order chi connectivity index (χ1) is 3.18. The molecule has 2 heteroatoms. The number of hydrogen-bond acceptors (Lipinski definition) is 2. The molecule has 0 saturated carbocycles. The van der Waals surface area contributed by atoms with Crippen LogP contribution in [0.3, 0.4) is 0 Å². The molecule has 0 fully saturated rings. The summed E-state index contributed by atoms with van der Waals surface area (Å²) >= 11 is 0. The lowest BCUT2D eigenvalue weighted by molar-refractivity contribution is 0.157. The molecule has 0 radical (unpaired) electrons. The van der Waals surface area contributed by atoms with Crippen LogP contribution in [0.1, 0.15) is 13.8 Å². The Morgan fingerprint density at radius 3 is 1.86 bits per heavy atom. The number of aliphatic hydroxyl groups excluding tert-OH is 1. The summed E-state index contributed by atoms with van der Waals surface area (Å²) in [4.78, 5) is 0. The standard InChI is InChI=1S/C5H13NO/c1-4(6-3)5(2)7/h4-7H,1-3H3/t4?,5-/m1/s1. The van der Waals surface area contributed by atoms with Gasteiger partial charge in [-0.3, -0.25) is 0 Å². The molecule has 0 aliphatic heterocycles. The Hall–Kier alpha value is -0.0800. The van der Waals surface area contributed by atoms with Crippen molar-refractivity contribution in [2.75, 3.05) is 7.05 Å². The van der Waals surface area contributed by atoms with E-state index < -0.39 is 0 Å². The Balaban J connectivity index is 3.14. The third-order valence-corrected chi connectivity index (χ3v) is 1.18. The van der Waals surface area contributed by atoms with E-state index in [4.69, 9.17) is 5.11 Å². The van der Waals surface area contributed by atoms with Gasteiger partial charge in [0.25, 0.3) is 0 Å². The molecule has 7 heavy (non-hydrogen) atoms. The van der Waals surface area contributed by atoms with Crippen molar-refractivity contribution in [1.29, 1.82) is 0 Å². The second kappa shape index (κ2) is 2.99. The molecule has 0 saturated heterocycles. The number of rotatable bonds is 2. The molecule has 0 rings (SSSR count). The van der Waals surface area contributed by atoms with Gasteiger partial charge in [0.15, 0.2) is 0 Å². The molecular formula is C5H13NO. The van der Waals surface area contributed by atoms with Crippen LogP contribution in [0, 0.1) is 0 Å². The van der Waals surface area contributed by atoms with Crippen LogP contribution in [0.5, 0.6) is 0 Å². The van der Waals surface area contributed by atoms with Crippen molar-refractivity contribution in [3.63, 3.8) is 0 Å². The molecule has 0 aromatic carbocycles. The molecule has 44 valence electrons. The summed E-state index contributed by atoms with van der Waals surface area (Å²) in [5.41, 5.74) is 0. The van der Waals surface area contributed by atoms with Crippen LogP contribution in [0.25, 0.3) is 0 Å². The molecule has 0 bridgehead atoms. The molecule has 0 spiro atoms. The Morgan fingerprint density at radius 1 is 1.43 bits per heavy atom. The first-order valence-corrected chi connectivity index (χ1v) is 2.53. The maximum absolute atomic E-state index is 8.76. The van der Waals surface area contributed by atoms with Crippen molar-refractivity contribution < 1.29 is 5.11 Å². The average Bonchev–Trinajstić information content (AvgIpc) is 1.65. The highest BCUT2D eigenvalue weighted by atomic mass is 16.3. The van der Waals surface area contributed by atoms with Gasteiger partial charge in [0.1, 0.15) is 0 Å². The molecule has 0 amide bonds. The van der Waals surface area contributed by atoms with Gasteiger partial charge in [0.2, 0.25) is 0 Å². The van der Waals surface area contributed by atoms with E-state index in [9.17, 15) is 0 Å².